The highest BCUT2D eigenvalue weighted by Gasteiger charge is 2.28. The number of nitrogens with zero attached hydrogens (tertiary/aromatic N) is 3. The van der Waals surface area contributed by atoms with Crippen LogP contribution in [0.1, 0.15) is 32.6 Å². The summed E-state index contributed by atoms with van der Waals surface area (Å²) in [5.41, 5.74) is 0. The monoisotopic (exact) mass is 516 g/mol. The number of halogens is 1. The number of hydrogen-bond acceptors (Lipinski definition) is 4. The first-order valence-corrected chi connectivity index (χ1v) is 10.8. The van der Waals surface area contributed by atoms with Crippen molar-refractivity contribution < 1.29 is 9.47 Å². The number of ether oxygens (including phenoxy) is 2. The molecule has 6 nitrogen and oxygen atoms in total. The fourth-order valence-corrected chi connectivity index (χ4v) is 3.71. The summed E-state index contributed by atoms with van der Waals surface area (Å²) in [5, 5.41) is 3.47. The van der Waals surface area contributed by atoms with E-state index in [1.54, 1.807) is 7.11 Å². The van der Waals surface area contributed by atoms with Crippen LogP contribution in [-0.4, -0.2) is 80.9 Å². The zero-order valence-electron chi connectivity index (χ0n) is 17.9. The summed E-state index contributed by atoms with van der Waals surface area (Å²) in [7, 11) is 1.78. The minimum atomic E-state index is 0. The third-order valence-electron chi connectivity index (χ3n) is 5.42. The van der Waals surface area contributed by atoms with E-state index in [0.717, 1.165) is 76.5 Å². The van der Waals surface area contributed by atoms with E-state index in [4.69, 9.17) is 14.5 Å². The molecule has 0 aromatic heterocycles. The molecule has 1 saturated carbocycles. The molecule has 1 N–H and O–H groups in total. The maximum atomic E-state index is 6.12. The molecule has 1 aromatic carbocycles. The van der Waals surface area contributed by atoms with Crippen molar-refractivity contribution in [2.75, 3.05) is 53.0 Å². The smallest absolute Gasteiger partial charge is 0.193 e. The first-order chi connectivity index (χ1) is 13.8. The van der Waals surface area contributed by atoms with Crippen LogP contribution in [0.25, 0.3) is 0 Å². The van der Waals surface area contributed by atoms with Crippen LogP contribution < -0.4 is 10.1 Å². The van der Waals surface area contributed by atoms with Crippen molar-refractivity contribution in [2.45, 2.75) is 44.8 Å². The van der Waals surface area contributed by atoms with Crippen LogP contribution in [0.3, 0.4) is 0 Å². The Labute approximate surface area is 193 Å². The number of aliphatic imine (C=N–C) groups is 1. The topological polar surface area (TPSA) is 49.3 Å². The van der Waals surface area contributed by atoms with Gasteiger partial charge in [-0.2, -0.15) is 0 Å². The number of benzene rings is 1. The molecular formula is C22H37IN4O2. The number of para-hydroxylation sites is 1. The van der Waals surface area contributed by atoms with Crippen LogP contribution in [0.5, 0.6) is 5.75 Å². The minimum Gasteiger partial charge on any atom is -0.490 e. The van der Waals surface area contributed by atoms with Crippen LogP contribution in [-0.2, 0) is 4.74 Å². The average molecular weight is 516 g/mol. The van der Waals surface area contributed by atoms with Gasteiger partial charge < -0.3 is 19.7 Å². The maximum Gasteiger partial charge on any atom is 0.193 e. The molecule has 3 rings (SSSR count). The average Bonchev–Trinajstić information content (AvgIpc) is 3.56. The molecule has 0 atom stereocenters. The van der Waals surface area contributed by atoms with Crippen molar-refractivity contribution >= 4 is 29.9 Å². The molecule has 0 radical (unpaired) electrons. The number of rotatable bonds is 10. The van der Waals surface area contributed by atoms with Gasteiger partial charge in [0.05, 0.1) is 13.2 Å². The van der Waals surface area contributed by atoms with Crippen LogP contribution in [0.4, 0.5) is 0 Å². The Morgan fingerprint density at radius 1 is 1.14 bits per heavy atom. The van der Waals surface area contributed by atoms with Crippen LogP contribution in [0.2, 0.25) is 0 Å². The van der Waals surface area contributed by atoms with Crippen LogP contribution in [0.15, 0.2) is 35.3 Å². The molecule has 1 aliphatic carbocycles. The molecule has 0 bridgehead atoms. The number of piperidine rings is 1. The second kappa shape index (κ2) is 13.3. The maximum absolute atomic E-state index is 6.12. The fraction of sp³-hybridized carbons (Fsp3) is 0.682. The summed E-state index contributed by atoms with van der Waals surface area (Å²) in [4.78, 5) is 9.82. The van der Waals surface area contributed by atoms with Crippen molar-refractivity contribution in [2.24, 2.45) is 4.99 Å². The van der Waals surface area contributed by atoms with Crippen molar-refractivity contribution in [3.8, 4) is 5.75 Å². The van der Waals surface area contributed by atoms with Gasteiger partial charge >= 0.3 is 0 Å². The molecule has 1 heterocycles. The van der Waals surface area contributed by atoms with Crippen molar-refractivity contribution in [3.05, 3.63) is 30.3 Å². The molecule has 1 saturated heterocycles. The van der Waals surface area contributed by atoms with Gasteiger partial charge in [0.25, 0.3) is 0 Å². The molecule has 2 aliphatic rings. The van der Waals surface area contributed by atoms with Gasteiger partial charge in [0.2, 0.25) is 0 Å². The fourth-order valence-electron chi connectivity index (χ4n) is 3.71. The Bertz CT molecular complexity index is 590. The third-order valence-corrected chi connectivity index (χ3v) is 5.42. The highest BCUT2D eigenvalue weighted by molar-refractivity contribution is 14.0. The van der Waals surface area contributed by atoms with Gasteiger partial charge in [-0.15, -0.1) is 24.0 Å². The molecule has 29 heavy (non-hydrogen) atoms. The van der Waals surface area contributed by atoms with E-state index in [9.17, 15) is 0 Å². The van der Waals surface area contributed by atoms with Gasteiger partial charge in [0.1, 0.15) is 11.9 Å². The predicted molar refractivity (Wildman–Crippen MR) is 130 cm³/mol. The lowest BCUT2D eigenvalue weighted by molar-refractivity contribution is 0.129. The molecule has 7 heteroatoms. The van der Waals surface area contributed by atoms with Gasteiger partial charge in [0, 0.05) is 58.7 Å². The molecular weight excluding hydrogens is 479 g/mol. The lowest BCUT2D eigenvalue weighted by Gasteiger charge is -2.34. The summed E-state index contributed by atoms with van der Waals surface area (Å²) in [6, 6.07) is 10.9. The predicted octanol–water partition coefficient (Wildman–Crippen LogP) is 3.22. The van der Waals surface area contributed by atoms with Gasteiger partial charge in [-0.1, -0.05) is 18.2 Å². The van der Waals surface area contributed by atoms with E-state index in [1.165, 1.54) is 12.8 Å². The first-order valence-electron chi connectivity index (χ1n) is 10.8. The van der Waals surface area contributed by atoms with Gasteiger partial charge in [-0.3, -0.25) is 9.89 Å². The van der Waals surface area contributed by atoms with E-state index in [0.29, 0.717) is 6.10 Å². The molecule has 0 amide bonds. The SMILES string of the molecule is CCNC(=NCCN(CCOC)C1CC1)N1CCC(Oc2ccccc2)CC1.I. The second-order valence-electron chi connectivity index (χ2n) is 7.61. The van der Waals surface area contributed by atoms with Crippen molar-refractivity contribution in [3.63, 3.8) is 0 Å². The summed E-state index contributed by atoms with van der Waals surface area (Å²) < 4.78 is 11.4. The zero-order chi connectivity index (χ0) is 19.6. The second-order valence-corrected chi connectivity index (χ2v) is 7.61. The quantitative estimate of drug-likeness (QED) is 0.294. The molecule has 1 aliphatic heterocycles. The van der Waals surface area contributed by atoms with Crippen LogP contribution in [0, 0.1) is 0 Å². The summed E-state index contributed by atoms with van der Waals surface area (Å²) in [6.07, 6.45) is 4.99. The molecule has 164 valence electrons. The van der Waals surface area contributed by atoms with Gasteiger partial charge in [0.15, 0.2) is 5.96 Å². The third kappa shape index (κ3) is 8.30. The Kier molecular flexibility index (Phi) is 11.1. The minimum absolute atomic E-state index is 0. The molecule has 0 unspecified atom stereocenters. The largest absolute Gasteiger partial charge is 0.490 e. The highest BCUT2D eigenvalue weighted by atomic mass is 127. The van der Waals surface area contributed by atoms with Gasteiger partial charge in [-0.05, 0) is 31.9 Å². The Balaban J connectivity index is 0.00000300. The van der Waals surface area contributed by atoms with E-state index in [2.05, 4.69) is 22.0 Å². The van der Waals surface area contributed by atoms with E-state index in [1.807, 2.05) is 30.3 Å². The summed E-state index contributed by atoms with van der Waals surface area (Å²) >= 11 is 0. The van der Waals surface area contributed by atoms with E-state index < -0.39 is 0 Å². The summed E-state index contributed by atoms with van der Waals surface area (Å²) in [6.45, 7) is 8.66. The number of nitrogens with one attached hydrogen (secondary N) is 1. The standard InChI is InChI=1S/C22H36N4O2.HI/c1-3-23-22(24-13-16-25(17-18-27-2)19-9-10-19)26-14-11-21(12-15-26)28-20-7-5-4-6-8-20;/h4-8,19,21H,3,9-18H2,1-2H3,(H,23,24);1H. The normalized spacial score (nSPS) is 17.9. The Morgan fingerprint density at radius 2 is 1.86 bits per heavy atom. The van der Waals surface area contributed by atoms with E-state index in [-0.39, 0.29) is 24.0 Å². The first kappa shape index (κ1) is 24.2. The van der Waals surface area contributed by atoms with Gasteiger partial charge in [-0.25, -0.2) is 0 Å². The molecule has 0 spiro atoms. The number of hydrogen-bond donors (Lipinski definition) is 1. The van der Waals surface area contributed by atoms with Crippen molar-refractivity contribution in [1.82, 2.24) is 15.1 Å². The number of methoxy groups -OCH3 is 1. The Hall–Kier alpha value is -1.06. The lowest BCUT2D eigenvalue weighted by Crippen LogP contribution is -2.47. The highest BCUT2D eigenvalue weighted by Crippen LogP contribution is 2.26. The van der Waals surface area contributed by atoms with E-state index >= 15 is 0 Å². The Morgan fingerprint density at radius 3 is 2.48 bits per heavy atom. The number of guanidine groups is 1. The molecule has 1 aromatic rings. The van der Waals surface area contributed by atoms with Crippen LogP contribution >= 0.6 is 24.0 Å². The number of likely N-dealkylation sites (tertiary alicyclic amines) is 1. The zero-order valence-corrected chi connectivity index (χ0v) is 20.2. The summed E-state index contributed by atoms with van der Waals surface area (Å²) in [5.74, 6) is 2.01. The van der Waals surface area contributed by atoms with Crippen molar-refractivity contribution in [1.29, 1.82) is 0 Å². The molecule has 2 fully saturated rings. The lowest BCUT2D eigenvalue weighted by atomic mass is 10.1.